The number of hydrogen-bond acceptors (Lipinski definition) is 8. The quantitative estimate of drug-likeness (QED) is 0.362. The lowest BCUT2D eigenvalue weighted by Crippen LogP contribution is -2.19. The molecule has 1 atom stereocenters. The van der Waals surface area contributed by atoms with E-state index in [0.29, 0.717) is 6.54 Å². The number of aliphatic hydroxyl groups is 1. The molecule has 0 fully saturated rings. The fraction of sp³-hybridized carbons (Fsp3) is 0.571. The fourth-order valence-corrected chi connectivity index (χ4v) is 0.830. The second-order valence-corrected chi connectivity index (χ2v) is 2.84. The molecule has 84 valence electrons. The molecule has 1 rings (SSSR count). The maximum Gasteiger partial charge on any atom is 0.322 e. The summed E-state index contributed by atoms with van der Waals surface area (Å²) in [6.45, 7) is 1.98. The Balaban J connectivity index is 2.77. The Morgan fingerprint density at radius 2 is 2.07 bits per heavy atom. The Morgan fingerprint density at radius 3 is 2.60 bits per heavy atom. The van der Waals surface area contributed by atoms with Crippen LogP contribution in [0.4, 0.5) is 11.9 Å². The molecule has 0 bridgehead atoms. The van der Waals surface area contributed by atoms with E-state index in [1.807, 2.05) is 0 Å². The number of rotatable bonds is 5. The second kappa shape index (κ2) is 5.27. The summed E-state index contributed by atoms with van der Waals surface area (Å²) in [7, 11) is 1.44. The van der Waals surface area contributed by atoms with Gasteiger partial charge in [0.25, 0.3) is 0 Å². The van der Waals surface area contributed by atoms with Gasteiger partial charge in [-0.05, 0) is 6.92 Å². The van der Waals surface area contributed by atoms with Crippen LogP contribution in [0, 0.1) is 0 Å². The minimum atomic E-state index is -0.498. The minimum absolute atomic E-state index is 0.144. The number of hydrazine groups is 1. The number of nitrogens with one attached hydrogen (secondary N) is 2. The van der Waals surface area contributed by atoms with Crippen LogP contribution in [0.15, 0.2) is 0 Å². The van der Waals surface area contributed by atoms with Crippen molar-refractivity contribution in [3.8, 4) is 6.01 Å². The molecule has 1 aromatic heterocycles. The Morgan fingerprint density at radius 1 is 1.40 bits per heavy atom. The van der Waals surface area contributed by atoms with Gasteiger partial charge in [-0.15, -0.1) is 0 Å². The number of aromatic nitrogens is 3. The van der Waals surface area contributed by atoms with Crippen molar-refractivity contribution in [3.63, 3.8) is 0 Å². The molecule has 0 amide bonds. The molecule has 0 spiro atoms. The highest BCUT2D eigenvalue weighted by molar-refractivity contribution is 5.34. The SMILES string of the molecule is COc1nc(NN)nc(NCC(C)O)n1. The van der Waals surface area contributed by atoms with Crippen molar-refractivity contribution < 1.29 is 9.84 Å². The third kappa shape index (κ3) is 3.52. The van der Waals surface area contributed by atoms with Gasteiger partial charge in [0.1, 0.15) is 0 Å². The van der Waals surface area contributed by atoms with E-state index in [2.05, 4.69) is 25.7 Å². The average Bonchev–Trinajstić information content (AvgIpc) is 2.25. The Kier molecular flexibility index (Phi) is 4.01. The molecule has 1 heterocycles. The number of hydrogen-bond donors (Lipinski definition) is 4. The van der Waals surface area contributed by atoms with E-state index in [9.17, 15) is 0 Å². The number of nitrogen functional groups attached to an aromatic ring is 1. The summed E-state index contributed by atoms with van der Waals surface area (Å²) in [5.41, 5.74) is 2.28. The Bertz CT molecular complexity index is 296. The van der Waals surface area contributed by atoms with Gasteiger partial charge in [0.05, 0.1) is 13.2 Å². The Labute approximate surface area is 86.9 Å². The third-order valence-electron chi connectivity index (χ3n) is 1.48. The summed E-state index contributed by atoms with van der Waals surface area (Å²) in [4.78, 5) is 11.6. The predicted octanol–water partition coefficient (Wildman–Crippen LogP) is -1.04. The third-order valence-corrected chi connectivity index (χ3v) is 1.48. The first-order valence-corrected chi connectivity index (χ1v) is 4.34. The van der Waals surface area contributed by atoms with Crippen molar-refractivity contribution >= 4 is 11.9 Å². The van der Waals surface area contributed by atoms with Gasteiger partial charge in [0.15, 0.2) is 0 Å². The molecule has 8 nitrogen and oxygen atoms in total. The van der Waals surface area contributed by atoms with E-state index in [-0.39, 0.29) is 17.9 Å². The van der Waals surface area contributed by atoms with E-state index in [1.165, 1.54) is 7.11 Å². The summed E-state index contributed by atoms with van der Waals surface area (Å²) < 4.78 is 4.84. The number of aliphatic hydroxyl groups excluding tert-OH is 1. The molecule has 0 saturated carbocycles. The summed E-state index contributed by atoms with van der Waals surface area (Å²) in [6.07, 6.45) is -0.498. The highest BCUT2D eigenvalue weighted by Crippen LogP contribution is 2.09. The van der Waals surface area contributed by atoms with Crippen LogP contribution in [0.2, 0.25) is 0 Å². The molecular weight excluding hydrogens is 200 g/mol. The topological polar surface area (TPSA) is 118 Å². The molecule has 0 aliphatic carbocycles. The molecule has 0 saturated heterocycles. The molecule has 0 aliphatic heterocycles. The van der Waals surface area contributed by atoms with Gasteiger partial charge in [0, 0.05) is 6.54 Å². The molecule has 1 aromatic rings. The number of nitrogens with two attached hydrogens (primary N) is 1. The van der Waals surface area contributed by atoms with Crippen LogP contribution in [-0.4, -0.2) is 39.8 Å². The smallest absolute Gasteiger partial charge is 0.322 e. The maximum absolute atomic E-state index is 9.06. The Hall–Kier alpha value is -1.67. The number of ether oxygens (including phenoxy) is 1. The van der Waals surface area contributed by atoms with Crippen LogP contribution in [0.5, 0.6) is 6.01 Å². The first-order valence-electron chi connectivity index (χ1n) is 4.34. The van der Waals surface area contributed by atoms with E-state index in [1.54, 1.807) is 6.92 Å². The van der Waals surface area contributed by atoms with Gasteiger partial charge in [-0.3, -0.25) is 5.43 Å². The normalized spacial score (nSPS) is 12.0. The van der Waals surface area contributed by atoms with Gasteiger partial charge in [0.2, 0.25) is 11.9 Å². The van der Waals surface area contributed by atoms with Crippen LogP contribution in [0.3, 0.4) is 0 Å². The van der Waals surface area contributed by atoms with Gasteiger partial charge in [-0.2, -0.15) is 15.0 Å². The zero-order valence-corrected chi connectivity index (χ0v) is 8.56. The first-order chi connectivity index (χ1) is 7.15. The lowest BCUT2D eigenvalue weighted by molar-refractivity contribution is 0.208. The minimum Gasteiger partial charge on any atom is -0.467 e. The number of anilines is 2. The second-order valence-electron chi connectivity index (χ2n) is 2.84. The zero-order valence-electron chi connectivity index (χ0n) is 8.56. The largest absolute Gasteiger partial charge is 0.467 e. The highest BCUT2D eigenvalue weighted by Gasteiger charge is 2.05. The van der Waals surface area contributed by atoms with Crippen molar-refractivity contribution in [2.45, 2.75) is 13.0 Å². The molecule has 1 unspecified atom stereocenters. The number of nitrogens with zero attached hydrogens (tertiary/aromatic N) is 3. The first kappa shape index (κ1) is 11.4. The van der Waals surface area contributed by atoms with Gasteiger partial charge >= 0.3 is 6.01 Å². The highest BCUT2D eigenvalue weighted by atomic mass is 16.5. The fourth-order valence-electron chi connectivity index (χ4n) is 0.830. The van der Waals surface area contributed by atoms with E-state index >= 15 is 0 Å². The monoisotopic (exact) mass is 214 g/mol. The molecule has 5 N–H and O–H groups in total. The van der Waals surface area contributed by atoms with Gasteiger partial charge in [-0.1, -0.05) is 0 Å². The van der Waals surface area contributed by atoms with Crippen molar-refractivity contribution in [3.05, 3.63) is 0 Å². The molecule has 0 aromatic carbocycles. The lowest BCUT2D eigenvalue weighted by atomic mass is 10.4. The van der Waals surface area contributed by atoms with E-state index in [4.69, 9.17) is 15.7 Å². The zero-order chi connectivity index (χ0) is 11.3. The summed E-state index contributed by atoms with van der Waals surface area (Å²) in [5, 5.41) is 11.9. The standard InChI is InChI=1S/C7H14N6O2/c1-4(14)3-9-5-10-6(13-8)12-7(11-5)15-2/h4,14H,3,8H2,1-2H3,(H2,9,10,11,12,13). The summed E-state index contributed by atoms with van der Waals surface area (Å²) >= 11 is 0. The average molecular weight is 214 g/mol. The van der Waals surface area contributed by atoms with Crippen molar-refractivity contribution in [1.82, 2.24) is 15.0 Å². The van der Waals surface area contributed by atoms with Crippen LogP contribution >= 0.6 is 0 Å². The predicted molar refractivity (Wildman–Crippen MR) is 54.4 cm³/mol. The summed E-state index contributed by atoms with van der Waals surface area (Å²) in [6, 6.07) is 0.144. The maximum atomic E-state index is 9.06. The molecule has 0 radical (unpaired) electrons. The van der Waals surface area contributed by atoms with E-state index < -0.39 is 6.10 Å². The number of methoxy groups -OCH3 is 1. The molecule has 15 heavy (non-hydrogen) atoms. The lowest BCUT2D eigenvalue weighted by Gasteiger charge is -2.08. The van der Waals surface area contributed by atoms with E-state index in [0.717, 1.165) is 0 Å². The van der Waals surface area contributed by atoms with Crippen molar-refractivity contribution in [1.29, 1.82) is 0 Å². The van der Waals surface area contributed by atoms with Crippen LogP contribution in [-0.2, 0) is 0 Å². The van der Waals surface area contributed by atoms with Crippen molar-refractivity contribution in [2.24, 2.45) is 5.84 Å². The van der Waals surface area contributed by atoms with Crippen LogP contribution < -0.4 is 21.3 Å². The van der Waals surface area contributed by atoms with Gasteiger partial charge in [-0.25, -0.2) is 5.84 Å². The molecular formula is C7H14N6O2. The van der Waals surface area contributed by atoms with Crippen LogP contribution in [0.25, 0.3) is 0 Å². The van der Waals surface area contributed by atoms with Gasteiger partial charge < -0.3 is 15.2 Å². The summed E-state index contributed by atoms with van der Waals surface area (Å²) in [5.74, 6) is 5.64. The van der Waals surface area contributed by atoms with Crippen molar-refractivity contribution in [2.75, 3.05) is 24.4 Å². The molecule has 8 heteroatoms. The molecule has 0 aliphatic rings. The van der Waals surface area contributed by atoms with Crippen LogP contribution in [0.1, 0.15) is 6.92 Å².